The summed E-state index contributed by atoms with van der Waals surface area (Å²) < 4.78 is 1.92. The Morgan fingerprint density at radius 2 is 2.14 bits per heavy atom. The maximum Gasteiger partial charge on any atom is 0.133 e. The second-order valence-corrected chi connectivity index (χ2v) is 5.36. The van der Waals surface area contributed by atoms with E-state index in [1.54, 1.807) is 6.08 Å². The molecule has 14 heavy (non-hydrogen) atoms. The molecule has 3 N–H and O–H groups in total. The van der Waals surface area contributed by atoms with E-state index in [1.165, 1.54) is 0 Å². The summed E-state index contributed by atoms with van der Waals surface area (Å²) in [5.74, 6) is 0.292. The van der Waals surface area contributed by atoms with Crippen LogP contribution in [0, 0.1) is 7.14 Å². The Hall–Kier alpha value is 0.180. The van der Waals surface area contributed by atoms with E-state index in [1.807, 2.05) is 12.1 Å². The SMILES string of the molecule is C=CC[C@H](N)c1cc(I)cc(I)c1O. The van der Waals surface area contributed by atoms with Gasteiger partial charge in [-0.25, -0.2) is 0 Å². The summed E-state index contributed by atoms with van der Waals surface area (Å²) >= 11 is 4.31. The summed E-state index contributed by atoms with van der Waals surface area (Å²) in [6.07, 6.45) is 2.43. The second-order valence-electron chi connectivity index (χ2n) is 2.96. The number of phenols is 1. The lowest BCUT2D eigenvalue weighted by Crippen LogP contribution is -2.10. The maximum absolute atomic E-state index is 9.79. The molecule has 0 unspecified atom stereocenters. The molecule has 0 aliphatic carbocycles. The van der Waals surface area contributed by atoms with Gasteiger partial charge in [-0.05, 0) is 63.7 Å². The summed E-state index contributed by atoms with van der Waals surface area (Å²) in [6, 6.07) is 3.66. The molecule has 1 atom stereocenters. The Kier molecular flexibility index (Phi) is 4.65. The molecule has 1 aromatic carbocycles. The molecule has 0 saturated heterocycles. The molecule has 0 saturated carbocycles. The molecule has 0 amide bonds. The molecule has 1 aromatic rings. The number of benzene rings is 1. The van der Waals surface area contributed by atoms with E-state index in [0.717, 1.165) is 12.7 Å². The van der Waals surface area contributed by atoms with E-state index in [-0.39, 0.29) is 6.04 Å². The third-order valence-electron chi connectivity index (χ3n) is 1.88. The molecule has 0 radical (unpaired) electrons. The predicted molar refractivity (Wildman–Crippen MR) is 75.3 cm³/mol. The van der Waals surface area contributed by atoms with Gasteiger partial charge in [0.25, 0.3) is 0 Å². The molecule has 0 fully saturated rings. The fraction of sp³-hybridized carbons (Fsp3) is 0.200. The minimum absolute atomic E-state index is 0.171. The average Bonchev–Trinajstić information content (AvgIpc) is 2.11. The summed E-state index contributed by atoms with van der Waals surface area (Å²) in [4.78, 5) is 0. The fourth-order valence-corrected chi connectivity index (χ4v) is 3.06. The van der Waals surface area contributed by atoms with E-state index < -0.39 is 0 Å². The van der Waals surface area contributed by atoms with Gasteiger partial charge in [-0.1, -0.05) is 6.08 Å². The van der Waals surface area contributed by atoms with Gasteiger partial charge >= 0.3 is 0 Å². The van der Waals surface area contributed by atoms with Gasteiger partial charge in [0.2, 0.25) is 0 Å². The van der Waals surface area contributed by atoms with Crippen LogP contribution >= 0.6 is 45.2 Å². The smallest absolute Gasteiger partial charge is 0.133 e. The van der Waals surface area contributed by atoms with Gasteiger partial charge in [-0.2, -0.15) is 0 Å². The first-order chi connectivity index (χ1) is 6.56. The molecule has 2 nitrogen and oxygen atoms in total. The van der Waals surface area contributed by atoms with Crippen LogP contribution in [0.25, 0.3) is 0 Å². The highest BCUT2D eigenvalue weighted by Crippen LogP contribution is 2.31. The van der Waals surface area contributed by atoms with Crippen LogP contribution in [-0.2, 0) is 0 Å². The first-order valence-electron chi connectivity index (χ1n) is 4.10. The van der Waals surface area contributed by atoms with E-state index in [2.05, 4.69) is 51.8 Å². The highest BCUT2D eigenvalue weighted by Gasteiger charge is 2.12. The number of phenolic OH excluding ortho intramolecular Hbond substituents is 1. The molecule has 0 aromatic heterocycles. The molecule has 76 valence electrons. The first-order valence-corrected chi connectivity index (χ1v) is 6.26. The van der Waals surface area contributed by atoms with Crippen molar-refractivity contribution in [2.24, 2.45) is 5.73 Å². The van der Waals surface area contributed by atoms with Crippen LogP contribution in [-0.4, -0.2) is 5.11 Å². The van der Waals surface area contributed by atoms with Crippen molar-refractivity contribution in [2.45, 2.75) is 12.5 Å². The fourth-order valence-electron chi connectivity index (χ4n) is 1.18. The monoisotopic (exact) mass is 415 g/mol. The van der Waals surface area contributed by atoms with Gasteiger partial charge in [-0.15, -0.1) is 6.58 Å². The van der Waals surface area contributed by atoms with E-state index in [9.17, 15) is 5.11 Å². The zero-order chi connectivity index (χ0) is 10.7. The highest BCUT2D eigenvalue weighted by molar-refractivity contribution is 14.1. The van der Waals surface area contributed by atoms with Gasteiger partial charge in [0.1, 0.15) is 5.75 Å². The van der Waals surface area contributed by atoms with Crippen LogP contribution in [0.2, 0.25) is 0 Å². The highest BCUT2D eigenvalue weighted by atomic mass is 127. The Morgan fingerprint density at radius 1 is 1.50 bits per heavy atom. The molecule has 0 aliphatic rings. The van der Waals surface area contributed by atoms with Crippen molar-refractivity contribution < 1.29 is 5.11 Å². The minimum Gasteiger partial charge on any atom is -0.506 e. The van der Waals surface area contributed by atoms with E-state index in [0.29, 0.717) is 12.2 Å². The normalized spacial score (nSPS) is 12.5. The Labute approximate surface area is 111 Å². The predicted octanol–water partition coefficient (Wildman–Crippen LogP) is 3.18. The topological polar surface area (TPSA) is 46.2 Å². The molecule has 0 spiro atoms. The van der Waals surface area contributed by atoms with Crippen LogP contribution in [0.15, 0.2) is 24.8 Å². The van der Waals surface area contributed by atoms with E-state index in [4.69, 9.17) is 5.73 Å². The Bertz CT molecular complexity index is 352. The second kappa shape index (κ2) is 5.32. The van der Waals surface area contributed by atoms with Gasteiger partial charge in [0.15, 0.2) is 0 Å². The molecule has 1 rings (SSSR count). The Balaban J connectivity index is 3.12. The average molecular weight is 415 g/mol. The van der Waals surface area contributed by atoms with E-state index >= 15 is 0 Å². The van der Waals surface area contributed by atoms with Gasteiger partial charge in [-0.3, -0.25) is 0 Å². The van der Waals surface area contributed by atoms with Crippen molar-refractivity contribution in [2.75, 3.05) is 0 Å². The van der Waals surface area contributed by atoms with Crippen molar-refractivity contribution in [1.82, 2.24) is 0 Å². The zero-order valence-corrected chi connectivity index (χ0v) is 11.8. The van der Waals surface area contributed by atoms with Crippen molar-refractivity contribution in [3.8, 4) is 5.75 Å². The number of aromatic hydroxyl groups is 1. The molecule has 4 heteroatoms. The summed E-state index contributed by atoms with van der Waals surface area (Å²) in [5, 5.41) is 9.79. The summed E-state index contributed by atoms with van der Waals surface area (Å²) in [6.45, 7) is 3.64. The van der Waals surface area contributed by atoms with Crippen LogP contribution in [0.3, 0.4) is 0 Å². The van der Waals surface area contributed by atoms with Crippen LogP contribution < -0.4 is 5.73 Å². The number of rotatable bonds is 3. The Morgan fingerprint density at radius 3 is 2.71 bits per heavy atom. The lowest BCUT2D eigenvalue weighted by molar-refractivity contribution is 0.457. The lowest BCUT2D eigenvalue weighted by Gasteiger charge is -2.13. The lowest BCUT2D eigenvalue weighted by atomic mass is 10.0. The first kappa shape index (κ1) is 12.3. The van der Waals surface area contributed by atoms with Crippen molar-refractivity contribution in [1.29, 1.82) is 0 Å². The minimum atomic E-state index is -0.171. The number of hydrogen-bond donors (Lipinski definition) is 2. The van der Waals surface area contributed by atoms with Gasteiger partial charge in [0, 0.05) is 15.2 Å². The van der Waals surface area contributed by atoms with Crippen LogP contribution in [0.1, 0.15) is 18.0 Å². The molecular formula is C10H11I2NO. The molecule has 0 bridgehead atoms. The quantitative estimate of drug-likeness (QED) is 0.589. The van der Waals surface area contributed by atoms with Crippen molar-refractivity contribution >= 4 is 45.2 Å². The molecule has 0 heterocycles. The van der Waals surface area contributed by atoms with Crippen LogP contribution in [0.5, 0.6) is 5.75 Å². The number of hydrogen-bond acceptors (Lipinski definition) is 2. The van der Waals surface area contributed by atoms with Crippen molar-refractivity contribution in [3.63, 3.8) is 0 Å². The molecular weight excluding hydrogens is 404 g/mol. The standard InChI is InChI=1S/C10H11I2NO/c1-2-3-9(13)7-4-6(11)5-8(12)10(7)14/h2,4-5,9,14H,1,3,13H2/t9-/m0/s1. The van der Waals surface area contributed by atoms with Crippen molar-refractivity contribution in [3.05, 3.63) is 37.5 Å². The summed E-state index contributed by atoms with van der Waals surface area (Å²) in [7, 11) is 0. The molecule has 0 aliphatic heterocycles. The number of halogens is 2. The largest absolute Gasteiger partial charge is 0.506 e. The summed E-state index contributed by atoms with van der Waals surface area (Å²) in [5.41, 5.74) is 6.70. The zero-order valence-electron chi connectivity index (χ0n) is 7.50. The van der Waals surface area contributed by atoms with Crippen LogP contribution in [0.4, 0.5) is 0 Å². The third kappa shape index (κ3) is 2.83. The van der Waals surface area contributed by atoms with Gasteiger partial charge in [0.05, 0.1) is 3.57 Å². The third-order valence-corrected chi connectivity index (χ3v) is 3.32. The number of nitrogens with two attached hydrogens (primary N) is 1. The van der Waals surface area contributed by atoms with Gasteiger partial charge < -0.3 is 10.8 Å². The maximum atomic E-state index is 9.79.